The Hall–Kier alpha value is -2.35. The summed E-state index contributed by atoms with van der Waals surface area (Å²) in [6, 6.07) is 11.7. The zero-order valence-corrected chi connectivity index (χ0v) is 17.8. The van der Waals surface area contributed by atoms with E-state index in [-0.39, 0.29) is 12.5 Å². The van der Waals surface area contributed by atoms with Crippen LogP contribution in [0.5, 0.6) is 5.75 Å². The number of morpholine rings is 1. The lowest BCUT2D eigenvalue weighted by molar-refractivity contribution is -0.137. The number of anilines is 1. The maximum absolute atomic E-state index is 12.2. The number of aromatic nitrogens is 1. The molecule has 0 bridgehead atoms. The normalized spacial score (nSPS) is 17.8. The zero-order valence-electron chi connectivity index (χ0n) is 17.0. The van der Waals surface area contributed by atoms with Gasteiger partial charge in [-0.25, -0.2) is 4.98 Å². The molecule has 1 amide bonds. The van der Waals surface area contributed by atoms with Crippen LogP contribution in [-0.2, 0) is 16.1 Å². The molecule has 2 aliphatic rings. The monoisotopic (exact) mass is 430 g/mol. The summed E-state index contributed by atoms with van der Waals surface area (Å²) in [6.07, 6.45) is 1.78. The molecule has 0 radical (unpaired) electrons. The molecule has 160 valence electrons. The van der Waals surface area contributed by atoms with Gasteiger partial charge in [0, 0.05) is 52.0 Å². The van der Waals surface area contributed by atoms with E-state index in [0.717, 1.165) is 44.3 Å². The van der Waals surface area contributed by atoms with Gasteiger partial charge in [0.1, 0.15) is 11.6 Å². The van der Waals surface area contributed by atoms with Gasteiger partial charge in [-0.05, 0) is 29.8 Å². The zero-order chi connectivity index (χ0) is 20.8. The summed E-state index contributed by atoms with van der Waals surface area (Å²) in [5, 5.41) is 0.702. The third kappa shape index (κ3) is 5.41. The summed E-state index contributed by atoms with van der Waals surface area (Å²) >= 11 is 6.27. The maximum atomic E-state index is 12.2. The van der Waals surface area contributed by atoms with Crippen LogP contribution in [0, 0.1) is 0 Å². The molecule has 4 rings (SSSR count). The summed E-state index contributed by atoms with van der Waals surface area (Å²) in [7, 11) is 0. The van der Waals surface area contributed by atoms with Crippen molar-refractivity contribution in [1.82, 2.24) is 14.8 Å². The number of carbonyl (C=O) groups excluding carboxylic acids is 1. The fourth-order valence-electron chi connectivity index (χ4n) is 3.73. The summed E-state index contributed by atoms with van der Waals surface area (Å²) in [6.45, 7) is 7.16. The average molecular weight is 431 g/mol. The standard InChI is InChI=1S/C22H27ClN4O3/c23-20-2-1-7-24-22(20)27-10-8-25(9-11-27)16-18-3-5-19(6-4-18)30-17-21(28)26-12-14-29-15-13-26/h1-7H,8-17H2. The van der Waals surface area contributed by atoms with Gasteiger partial charge in [-0.2, -0.15) is 0 Å². The second-order valence-corrected chi connectivity index (χ2v) is 7.91. The molecule has 8 heteroatoms. The molecular formula is C22H27ClN4O3. The van der Waals surface area contributed by atoms with Gasteiger partial charge in [-0.15, -0.1) is 0 Å². The van der Waals surface area contributed by atoms with Crippen molar-refractivity contribution in [3.8, 4) is 5.75 Å². The van der Waals surface area contributed by atoms with E-state index < -0.39 is 0 Å². The minimum Gasteiger partial charge on any atom is -0.484 e. The maximum Gasteiger partial charge on any atom is 0.260 e. The van der Waals surface area contributed by atoms with Gasteiger partial charge in [0.25, 0.3) is 5.91 Å². The Morgan fingerprint density at radius 3 is 2.47 bits per heavy atom. The van der Waals surface area contributed by atoms with Crippen LogP contribution in [0.3, 0.4) is 0 Å². The third-order valence-corrected chi connectivity index (χ3v) is 5.76. The summed E-state index contributed by atoms with van der Waals surface area (Å²) in [4.78, 5) is 23.0. The van der Waals surface area contributed by atoms with Crippen LogP contribution in [-0.4, -0.2) is 79.8 Å². The summed E-state index contributed by atoms with van der Waals surface area (Å²) < 4.78 is 10.9. The Balaban J connectivity index is 1.22. The summed E-state index contributed by atoms with van der Waals surface area (Å²) in [5.74, 6) is 1.59. The van der Waals surface area contributed by atoms with Crippen LogP contribution in [0.15, 0.2) is 42.6 Å². The third-order valence-electron chi connectivity index (χ3n) is 5.47. The molecule has 0 N–H and O–H groups in total. The molecule has 7 nitrogen and oxygen atoms in total. The second-order valence-electron chi connectivity index (χ2n) is 7.50. The van der Waals surface area contributed by atoms with Gasteiger partial charge < -0.3 is 19.3 Å². The molecule has 0 saturated carbocycles. The van der Waals surface area contributed by atoms with E-state index >= 15 is 0 Å². The van der Waals surface area contributed by atoms with Crippen molar-refractivity contribution in [2.24, 2.45) is 0 Å². The highest BCUT2D eigenvalue weighted by Gasteiger charge is 2.20. The molecule has 0 aliphatic carbocycles. The molecule has 3 heterocycles. The highest BCUT2D eigenvalue weighted by atomic mass is 35.5. The van der Waals surface area contributed by atoms with E-state index in [2.05, 4.69) is 26.9 Å². The minimum atomic E-state index is 0.00765. The lowest BCUT2D eigenvalue weighted by atomic mass is 10.2. The molecule has 1 aromatic carbocycles. The first-order valence-electron chi connectivity index (χ1n) is 10.3. The van der Waals surface area contributed by atoms with Gasteiger partial charge in [-0.3, -0.25) is 9.69 Å². The van der Waals surface area contributed by atoms with E-state index in [0.29, 0.717) is 31.3 Å². The predicted octanol–water partition coefficient (Wildman–Crippen LogP) is 2.29. The van der Waals surface area contributed by atoms with Crippen LogP contribution < -0.4 is 9.64 Å². The molecule has 30 heavy (non-hydrogen) atoms. The molecule has 2 aliphatic heterocycles. The van der Waals surface area contributed by atoms with Crippen LogP contribution in [0.1, 0.15) is 5.56 Å². The van der Waals surface area contributed by atoms with Crippen molar-refractivity contribution in [3.05, 3.63) is 53.2 Å². The van der Waals surface area contributed by atoms with E-state index in [1.165, 1.54) is 5.56 Å². The smallest absolute Gasteiger partial charge is 0.260 e. The molecule has 0 spiro atoms. The van der Waals surface area contributed by atoms with Crippen LogP contribution in [0.4, 0.5) is 5.82 Å². The lowest BCUT2D eigenvalue weighted by Gasteiger charge is -2.35. The Morgan fingerprint density at radius 2 is 1.77 bits per heavy atom. The van der Waals surface area contributed by atoms with E-state index in [9.17, 15) is 4.79 Å². The Labute approximate surface area is 182 Å². The quantitative estimate of drug-likeness (QED) is 0.701. The number of halogens is 1. The number of hydrogen-bond donors (Lipinski definition) is 0. The topological polar surface area (TPSA) is 58.1 Å². The number of amides is 1. The Bertz CT molecular complexity index is 835. The lowest BCUT2D eigenvalue weighted by Crippen LogP contribution is -2.46. The van der Waals surface area contributed by atoms with Crippen LogP contribution in [0.25, 0.3) is 0 Å². The molecule has 2 fully saturated rings. The van der Waals surface area contributed by atoms with Crippen molar-refractivity contribution >= 4 is 23.3 Å². The first-order valence-corrected chi connectivity index (χ1v) is 10.7. The number of pyridine rings is 1. The Morgan fingerprint density at radius 1 is 1.03 bits per heavy atom. The number of ether oxygens (including phenoxy) is 2. The van der Waals surface area contributed by atoms with Crippen molar-refractivity contribution in [1.29, 1.82) is 0 Å². The molecule has 0 unspecified atom stereocenters. The first kappa shape index (κ1) is 20.9. The fourth-order valence-corrected chi connectivity index (χ4v) is 3.97. The SMILES string of the molecule is O=C(COc1ccc(CN2CCN(c3ncccc3Cl)CC2)cc1)N1CCOCC1. The van der Waals surface area contributed by atoms with Crippen LogP contribution in [0.2, 0.25) is 5.02 Å². The molecular weight excluding hydrogens is 404 g/mol. The van der Waals surface area contributed by atoms with Gasteiger partial charge in [0.2, 0.25) is 0 Å². The first-order chi connectivity index (χ1) is 14.7. The van der Waals surface area contributed by atoms with Gasteiger partial charge in [0.15, 0.2) is 6.61 Å². The average Bonchev–Trinajstić information content (AvgIpc) is 2.80. The highest BCUT2D eigenvalue weighted by Crippen LogP contribution is 2.24. The van der Waals surface area contributed by atoms with Crippen molar-refractivity contribution in [3.63, 3.8) is 0 Å². The fraction of sp³-hybridized carbons (Fsp3) is 0.455. The van der Waals surface area contributed by atoms with Crippen LogP contribution >= 0.6 is 11.6 Å². The van der Waals surface area contributed by atoms with Gasteiger partial charge in [-0.1, -0.05) is 23.7 Å². The van der Waals surface area contributed by atoms with Crippen molar-refractivity contribution in [2.75, 3.05) is 64.0 Å². The number of rotatable bonds is 6. The largest absolute Gasteiger partial charge is 0.484 e. The molecule has 1 aromatic heterocycles. The van der Waals surface area contributed by atoms with Gasteiger partial charge >= 0.3 is 0 Å². The van der Waals surface area contributed by atoms with E-state index in [1.54, 1.807) is 11.1 Å². The molecule has 0 atom stereocenters. The number of hydrogen-bond acceptors (Lipinski definition) is 6. The number of benzene rings is 1. The highest BCUT2D eigenvalue weighted by molar-refractivity contribution is 6.32. The van der Waals surface area contributed by atoms with E-state index in [1.807, 2.05) is 24.3 Å². The number of nitrogens with zero attached hydrogens (tertiary/aromatic N) is 4. The van der Waals surface area contributed by atoms with Crippen molar-refractivity contribution < 1.29 is 14.3 Å². The Kier molecular flexibility index (Phi) is 7.04. The summed E-state index contributed by atoms with van der Waals surface area (Å²) in [5.41, 5.74) is 1.23. The van der Waals surface area contributed by atoms with Gasteiger partial charge in [0.05, 0.1) is 18.2 Å². The minimum absolute atomic E-state index is 0.00765. The molecule has 2 saturated heterocycles. The predicted molar refractivity (Wildman–Crippen MR) is 116 cm³/mol. The number of piperazine rings is 1. The van der Waals surface area contributed by atoms with Crippen molar-refractivity contribution in [2.45, 2.75) is 6.54 Å². The molecule has 2 aromatic rings. The second kappa shape index (κ2) is 10.1. The number of carbonyl (C=O) groups is 1. The van der Waals surface area contributed by atoms with E-state index in [4.69, 9.17) is 21.1 Å².